The van der Waals surface area contributed by atoms with Gasteiger partial charge in [0.25, 0.3) is 5.56 Å². The van der Waals surface area contributed by atoms with Gasteiger partial charge in [-0.3, -0.25) is 4.79 Å². The maximum atomic E-state index is 13.1. The zero-order chi connectivity index (χ0) is 18.2. The topological polar surface area (TPSA) is 115 Å². The largest absolute Gasteiger partial charge is 0.384 e. The zero-order valence-corrected chi connectivity index (χ0v) is 14.8. The number of H-pyrrole nitrogens is 1. The zero-order valence-electron chi connectivity index (χ0n) is 14.0. The molecule has 0 atom stereocenters. The third-order valence-electron chi connectivity index (χ3n) is 4.03. The van der Waals surface area contributed by atoms with Crippen molar-refractivity contribution in [3.05, 3.63) is 46.9 Å². The third kappa shape index (κ3) is 2.92. The molecule has 0 amide bonds. The molecule has 0 saturated carbocycles. The lowest BCUT2D eigenvalue weighted by Crippen LogP contribution is -3.06. The maximum absolute atomic E-state index is 13.1. The summed E-state index contributed by atoms with van der Waals surface area (Å²) in [5, 5.41) is 6.34. The normalized spacial score (nSPS) is 12.1. The van der Waals surface area contributed by atoms with Crippen LogP contribution in [-0.2, 0) is 16.4 Å². The van der Waals surface area contributed by atoms with Gasteiger partial charge in [-0.25, -0.2) is 13.5 Å². The fourth-order valence-electron chi connectivity index (χ4n) is 2.77. The first-order valence-electron chi connectivity index (χ1n) is 7.78. The van der Waals surface area contributed by atoms with Gasteiger partial charge in [-0.15, -0.1) is 0 Å². The number of fused-ring (bicyclic) bond motifs is 1. The summed E-state index contributed by atoms with van der Waals surface area (Å²) in [6.07, 6.45) is 1.34. The monoisotopic (exact) mass is 362 g/mol. The standard InChI is InChI=1S/C16H19N5O3S/c1-20(2)8-9-21-13-12(10-18-19-16(13)22)14(15(21)17)25(23,24)11-6-4-3-5-7-11/h3-7,10H,8-9,17H2,1-2H3,(H,19,22)/p+1. The van der Waals surface area contributed by atoms with E-state index in [9.17, 15) is 13.2 Å². The van der Waals surface area contributed by atoms with Gasteiger partial charge in [0.1, 0.15) is 16.2 Å². The summed E-state index contributed by atoms with van der Waals surface area (Å²) in [6.45, 7) is 1.10. The van der Waals surface area contributed by atoms with Crippen LogP contribution in [0.15, 0.2) is 51.1 Å². The molecule has 4 N–H and O–H groups in total. The minimum Gasteiger partial charge on any atom is -0.384 e. The van der Waals surface area contributed by atoms with E-state index < -0.39 is 15.4 Å². The number of nitrogens with one attached hydrogen (secondary N) is 2. The molecular formula is C16H20N5O3S+. The van der Waals surface area contributed by atoms with Crippen molar-refractivity contribution in [2.75, 3.05) is 26.4 Å². The minimum atomic E-state index is -3.88. The van der Waals surface area contributed by atoms with E-state index in [1.807, 2.05) is 14.1 Å². The van der Waals surface area contributed by atoms with Crippen molar-refractivity contribution in [2.45, 2.75) is 16.3 Å². The molecule has 0 fully saturated rings. The van der Waals surface area contributed by atoms with Crippen molar-refractivity contribution >= 4 is 26.6 Å². The number of rotatable bonds is 5. The molecule has 132 valence electrons. The predicted molar refractivity (Wildman–Crippen MR) is 94.3 cm³/mol. The lowest BCUT2D eigenvalue weighted by molar-refractivity contribution is -0.858. The van der Waals surface area contributed by atoms with E-state index in [2.05, 4.69) is 10.2 Å². The quantitative estimate of drug-likeness (QED) is 0.554. The molecule has 0 spiro atoms. The summed E-state index contributed by atoms with van der Waals surface area (Å²) in [6, 6.07) is 8.02. The van der Waals surface area contributed by atoms with Crippen molar-refractivity contribution in [1.29, 1.82) is 0 Å². The van der Waals surface area contributed by atoms with Gasteiger partial charge in [0.15, 0.2) is 0 Å². The molecule has 25 heavy (non-hydrogen) atoms. The van der Waals surface area contributed by atoms with Gasteiger partial charge in [0.2, 0.25) is 9.84 Å². The molecule has 0 radical (unpaired) electrons. The number of nitrogens with zero attached hydrogens (tertiary/aromatic N) is 2. The van der Waals surface area contributed by atoms with Crippen LogP contribution in [0.25, 0.3) is 10.9 Å². The molecule has 8 nitrogen and oxygen atoms in total. The van der Waals surface area contributed by atoms with Crippen LogP contribution in [0.2, 0.25) is 0 Å². The Balaban J connectivity index is 2.32. The number of quaternary nitrogens is 1. The number of anilines is 1. The smallest absolute Gasteiger partial charge is 0.288 e. The highest BCUT2D eigenvalue weighted by atomic mass is 32.2. The maximum Gasteiger partial charge on any atom is 0.288 e. The molecule has 0 aliphatic heterocycles. The number of sulfone groups is 1. The lowest BCUT2D eigenvalue weighted by atomic mass is 10.3. The van der Waals surface area contributed by atoms with E-state index in [0.717, 1.165) is 4.90 Å². The molecule has 3 aromatic rings. The predicted octanol–water partition coefficient (Wildman–Crippen LogP) is -0.716. The van der Waals surface area contributed by atoms with Crippen LogP contribution in [-0.4, -0.2) is 43.8 Å². The Kier molecular flexibility index (Phi) is 4.36. The van der Waals surface area contributed by atoms with E-state index >= 15 is 0 Å². The van der Waals surface area contributed by atoms with Crippen LogP contribution < -0.4 is 16.2 Å². The Morgan fingerprint density at radius 1 is 1.24 bits per heavy atom. The van der Waals surface area contributed by atoms with E-state index in [1.165, 1.54) is 18.3 Å². The molecular weight excluding hydrogens is 342 g/mol. The molecule has 0 saturated heterocycles. The number of nitrogen functional groups attached to an aromatic ring is 1. The Labute approximate surface area is 144 Å². The second-order valence-electron chi connectivity index (χ2n) is 6.10. The minimum absolute atomic E-state index is 0.0543. The van der Waals surface area contributed by atoms with E-state index in [1.54, 1.807) is 22.8 Å². The Morgan fingerprint density at radius 3 is 2.56 bits per heavy atom. The van der Waals surface area contributed by atoms with Crippen LogP contribution in [0.5, 0.6) is 0 Å². The second-order valence-corrected chi connectivity index (χ2v) is 7.99. The van der Waals surface area contributed by atoms with Crippen LogP contribution in [0.3, 0.4) is 0 Å². The number of hydrogen-bond donors (Lipinski definition) is 3. The fraction of sp³-hybridized carbons (Fsp3) is 0.250. The van der Waals surface area contributed by atoms with Gasteiger partial charge in [-0.1, -0.05) is 18.2 Å². The Bertz CT molecular complexity index is 1070. The summed E-state index contributed by atoms with van der Waals surface area (Å²) in [4.78, 5) is 13.5. The Morgan fingerprint density at radius 2 is 1.92 bits per heavy atom. The Hall–Kier alpha value is -2.65. The summed E-state index contributed by atoms with van der Waals surface area (Å²) >= 11 is 0. The first kappa shape index (κ1) is 17.2. The van der Waals surface area contributed by atoms with Crippen molar-refractivity contribution in [1.82, 2.24) is 14.8 Å². The number of benzene rings is 1. The van der Waals surface area contributed by atoms with Crippen LogP contribution >= 0.6 is 0 Å². The van der Waals surface area contributed by atoms with E-state index in [0.29, 0.717) is 13.1 Å². The molecule has 3 rings (SSSR count). The average molecular weight is 362 g/mol. The van der Waals surface area contributed by atoms with Crippen LogP contribution in [0.1, 0.15) is 0 Å². The highest BCUT2D eigenvalue weighted by Crippen LogP contribution is 2.33. The van der Waals surface area contributed by atoms with Gasteiger partial charge in [0, 0.05) is 5.39 Å². The first-order chi connectivity index (χ1) is 11.8. The summed E-state index contributed by atoms with van der Waals surface area (Å²) in [5.41, 5.74) is 5.95. The lowest BCUT2D eigenvalue weighted by Gasteiger charge is -2.11. The average Bonchev–Trinajstić information content (AvgIpc) is 2.87. The van der Waals surface area contributed by atoms with E-state index in [4.69, 9.17) is 5.73 Å². The van der Waals surface area contributed by atoms with E-state index in [-0.39, 0.29) is 26.5 Å². The number of nitrogens with two attached hydrogens (primary N) is 1. The third-order valence-corrected chi connectivity index (χ3v) is 5.88. The van der Waals surface area contributed by atoms with Crippen LogP contribution in [0, 0.1) is 0 Å². The SMILES string of the molecule is C[NH+](C)CCn1c(N)c(S(=O)(=O)c2ccccc2)c2cn[nH]c(=O)c21. The highest BCUT2D eigenvalue weighted by Gasteiger charge is 2.29. The van der Waals surface area contributed by atoms with Crippen LogP contribution in [0.4, 0.5) is 5.82 Å². The van der Waals surface area contributed by atoms with Crippen molar-refractivity contribution in [3.8, 4) is 0 Å². The molecule has 0 aliphatic carbocycles. The fourth-order valence-corrected chi connectivity index (χ4v) is 4.35. The molecule has 0 aliphatic rings. The molecule has 0 unspecified atom stereocenters. The van der Waals surface area contributed by atoms with Crippen molar-refractivity contribution in [3.63, 3.8) is 0 Å². The number of aromatic amines is 1. The molecule has 1 aromatic carbocycles. The first-order valence-corrected chi connectivity index (χ1v) is 9.27. The molecule has 9 heteroatoms. The number of hydrogen-bond acceptors (Lipinski definition) is 5. The molecule has 2 aromatic heterocycles. The van der Waals surface area contributed by atoms with Crippen molar-refractivity contribution in [2.24, 2.45) is 0 Å². The van der Waals surface area contributed by atoms with Gasteiger partial charge in [-0.05, 0) is 12.1 Å². The van der Waals surface area contributed by atoms with Crippen molar-refractivity contribution < 1.29 is 13.3 Å². The van der Waals surface area contributed by atoms with Gasteiger partial charge < -0.3 is 15.2 Å². The van der Waals surface area contributed by atoms with Gasteiger partial charge in [-0.2, -0.15) is 5.10 Å². The summed E-state index contributed by atoms with van der Waals surface area (Å²) in [5.74, 6) is 0.0543. The summed E-state index contributed by atoms with van der Waals surface area (Å²) < 4.78 is 27.7. The number of aromatic nitrogens is 3. The second kappa shape index (κ2) is 6.34. The molecule has 0 bridgehead atoms. The highest BCUT2D eigenvalue weighted by molar-refractivity contribution is 7.92. The number of likely N-dealkylation sites (N-methyl/N-ethyl adjacent to an activating group) is 1. The molecule has 2 heterocycles. The van der Waals surface area contributed by atoms with Gasteiger partial charge in [0.05, 0.1) is 38.3 Å². The summed E-state index contributed by atoms with van der Waals surface area (Å²) in [7, 11) is 0.0590. The van der Waals surface area contributed by atoms with Gasteiger partial charge >= 0.3 is 0 Å².